The molecule has 26 heavy (non-hydrogen) atoms. The fourth-order valence-electron chi connectivity index (χ4n) is 2.94. The van der Waals surface area contributed by atoms with Crippen LogP contribution in [0.3, 0.4) is 0 Å². The predicted octanol–water partition coefficient (Wildman–Crippen LogP) is 3.55. The lowest BCUT2D eigenvalue weighted by Crippen LogP contribution is -2.36. The topological polar surface area (TPSA) is 58.6 Å². The van der Waals surface area contributed by atoms with Gasteiger partial charge in [-0.25, -0.2) is 8.42 Å². The van der Waals surface area contributed by atoms with Gasteiger partial charge in [-0.1, -0.05) is 41.9 Å². The molecule has 0 aliphatic carbocycles. The van der Waals surface area contributed by atoms with Gasteiger partial charge in [0.1, 0.15) is 0 Å². The van der Waals surface area contributed by atoms with Crippen LogP contribution in [0.15, 0.2) is 48.5 Å². The van der Waals surface area contributed by atoms with Crippen molar-refractivity contribution < 1.29 is 13.2 Å². The van der Waals surface area contributed by atoms with Gasteiger partial charge in [0.2, 0.25) is 10.0 Å². The van der Waals surface area contributed by atoms with Crippen LogP contribution in [-0.4, -0.2) is 40.5 Å². The van der Waals surface area contributed by atoms with E-state index >= 15 is 0 Å². The highest BCUT2D eigenvalue weighted by molar-refractivity contribution is 7.92. The minimum Gasteiger partial charge on any atom is -0.378 e. The first kappa shape index (κ1) is 19.0. The SMILES string of the molecule is O=S(=O)(CCCc1ccccc1)Nc1cc(N2CCOCC2)ccc1Cl. The second-order valence-electron chi connectivity index (χ2n) is 6.27. The summed E-state index contributed by atoms with van der Waals surface area (Å²) in [5.41, 5.74) is 2.50. The normalized spacial score (nSPS) is 15.0. The van der Waals surface area contributed by atoms with E-state index in [2.05, 4.69) is 9.62 Å². The summed E-state index contributed by atoms with van der Waals surface area (Å²) >= 11 is 6.20. The molecule has 1 N–H and O–H groups in total. The molecule has 2 aromatic rings. The van der Waals surface area contributed by atoms with E-state index in [4.69, 9.17) is 16.3 Å². The molecule has 5 nitrogen and oxygen atoms in total. The van der Waals surface area contributed by atoms with Crippen LogP contribution in [0, 0.1) is 0 Å². The predicted molar refractivity (Wildman–Crippen MR) is 107 cm³/mol. The van der Waals surface area contributed by atoms with Crippen molar-refractivity contribution in [2.75, 3.05) is 41.7 Å². The number of aryl methyl sites for hydroxylation is 1. The van der Waals surface area contributed by atoms with E-state index in [1.54, 1.807) is 12.1 Å². The number of rotatable bonds is 7. The van der Waals surface area contributed by atoms with Crippen molar-refractivity contribution in [3.05, 3.63) is 59.1 Å². The largest absolute Gasteiger partial charge is 0.378 e. The van der Waals surface area contributed by atoms with Crippen molar-refractivity contribution in [3.63, 3.8) is 0 Å². The summed E-state index contributed by atoms with van der Waals surface area (Å²) in [5, 5.41) is 0.397. The van der Waals surface area contributed by atoms with E-state index in [1.807, 2.05) is 36.4 Å². The lowest BCUT2D eigenvalue weighted by Gasteiger charge is -2.29. The summed E-state index contributed by atoms with van der Waals surface area (Å²) in [6.07, 6.45) is 1.28. The molecule has 1 saturated heterocycles. The van der Waals surface area contributed by atoms with Crippen molar-refractivity contribution in [1.29, 1.82) is 0 Å². The molecule has 0 saturated carbocycles. The summed E-state index contributed by atoms with van der Waals surface area (Å²) < 4.78 is 32.8. The minimum absolute atomic E-state index is 0.0556. The summed E-state index contributed by atoms with van der Waals surface area (Å²) in [4.78, 5) is 2.16. The highest BCUT2D eigenvalue weighted by Crippen LogP contribution is 2.29. The van der Waals surface area contributed by atoms with Crippen LogP contribution >= 0.6 is 11.6 Å². The molecular weight excluding hydrogens is 372 g/mol. The maximum atomic E-state index is 12.4. The first-order valence-electron chi connectivity index (χ1n) is 8.70. The Kier molecular flexibility index (Phi) is 6.40. The lowest BCUT2D eigenvalue weighted by atomic mass is 10.1. The van der Waals surface area contributed by atoms with Crippen LogP contribution < -0.4 is 9.62 Å². The number of ether oxygens (including phenoxy) is 1. The average molecular weight is 395 g/mol. The lowest BCUT2D eigenvalue weighted by molar-refractivity contribution is 0.122. The highest BCUT2D eigenvalue weighted by Gasteiger charge is 2.16. The molecular formula is C19H23ClN2O3S. The maximum Gasteiger partial charge on any atom is 0.232 e. The number of benzene rings is 2. The number of hydrogen-bond acceptors (Lipinski definition) is 4. The van der Waals surface area contributed by atoms with E-state index in [0.29, 0.717) is 30.3 Å². The quantitative estimate of drug-likeness (QED) is 0.780. The Balaban J connectivity index is 1.62. The van der Waals surface area contributed by atoms with Crippen LogP contribution in [0.4, 0.5) is 11.4 Å². The zero-order valence-corrected chi connectivity index (χ0v) is 16.1. The Morgan fingerprint density at radius 1 is 1.08 bits per heavy atom. The van der Waals surface area contributed by atoms with E-state index in [0.717, 1.165) is 30.8 Å². The molecule has 0 aromatic heterocycles. The molecule has 7 heteroatoms. The van der Waals surface area contributed by atoms with Gasteiger partial charge in [-0.2, -0.15) is 0 Å². The molecule has 1 heterocycles. The van der Waals surface area contributed by atoms with Gasteiger partial charge < -0.3 is 9.64 Å². The second kappa shape index (κ2) is 8.75. The van der Waals surface area contributed by atoms with E-state index in [1.165, 1.54) is 0 Å². The monoisotopic (exact) mass is 394 g/mol. The zero-order valence-electron chi connectivity index (χ0n) is 14.5. The Labute approximate surface area is 160 Å². The van der Waals surface area contributed by atoms with Gasteiger partial charge in [-0.3, -0.25) is 4.72 Å². The molecule has 0 unspecified atom stereocenters. The Morgan fingerprint density at radius 2 is 1.81 bits per heavy atom. The maximum absolute atomic E-state index is 12.4. The van der Waals surface area contributed by atoms with Crippen molar-refractivity contribution in [2.24, 2.45) is 0 Å². The van der Waals surface area contributed by atoms with Gasteiger partial charge in [0, 0.05) is 18.8 Å². The van der Waals surface area contributed by atoms with Gasteiger partial charge in [0.15, 0.2) is 0 Å². The Hall–Kier alpha value is -1.76. The standard InChI is InChI=1S/C19H23ClN2O3S/c20-18-9-8-17(22-10-12-25-13-11-22)15-19(18)21-26(23,24)14-4-7-16-5-2-1-3-6-16/h1-3,5-6,8-9,15,21H,4,7,10-14H2. The summed E-state index contributed by atoms with van der Waals surface area (Å²) in [6, 6.07) is 15.3. The molecule has 140 valence electrons. The third kappa shape index (κ3) is 5.37. The van der Waals surface area contributed by atoms with Crippen molar-refractivity contribution in [1.82, 2.24) is 0 Å². The summed E-state index contributed by atoms with van der Waals surface area (Å²) in [5.74, 6) is 0.0556. The first-order valence-corrected chi connectivity index (χ1v) is 10.7. The van der Waals surface area contributed by atoms with Gasteiger partial charge in [0.25, 0.3) is 0 Å². The Bertz CT molecular complexity index is 822. The smallest absolute Gasteiger partial charge is 0.232 e. The number of hydrogen-bond donors (Lipinski definition) is 1. The van der Waals surface area contributed by atoms with Gasteiger partial charge in [-0.15, -0.1) is 0 Å². The van der Waals surface area contributed by atoms with Crippen LogP contribution in [0.1, 0.15) is 12.0 Å². The molecule has 3 rings (SSSR count). The van der Waals surface area contributed by atoms with Gasteiger partial charge in [0.05, 0.1) is 29.7 Å². The summed E-state index contributed by atoms with van der Waals surface area (Å²) in [7, 11) is -3.45. The highest BCUT2D eigenvalue weighted by atomic mass is 35.5. The molecule has 0 bridgehead atoms. The molecule has 0 spiro atoms. The number of morpholine rings is 1. The number of nitrogens with zero attached hydrogens (tertiary/aromatic N) is 1. The second-order valence-corrected chi connectivity index (χ2v) is 8.52. The first-order chi connectivity index (χ1) is 12.5. The number of sulfonamides is 1. The van der Waals surface area contributed by atoms with Crippen LogP contribution in [0.2, 0.25) is 5.02 Å². The zero-order chi connectivity index (χ0) is 18.4. The third-order valence-corrected chi connectivity index (χ3v) is 6.00. The van der Waals surface area contributed by atoms with Crippen molar-refractivity contribution in [2.45, 2.75) is 12.8 Å². The molecule has 1 fully saturated rings. The fourth-order valence-corrected chi connectivity index (χ4v) is 4.29. The van der Waals surface area contributed by atoms with Crippen LogP contribution in [-0.2, 0) is 21.2 Å². The van der Waals surface area contributed by atoms with Gasteiger partial charge >= 0.3 is 0 Å². The molecule has 0 amide bonds. The third-order valence-electron chi connectivity index (χ3n) is 4.31. The van der Waals surface area contributed by atoms with Crippen molar-refractivity contribution in [3.8, 4) is 0 Å². The molecule has 0 radical (unpaired) electrons. The fraction of sp³-hybridized carbons (Fsp3) is 0.368. The molecule has 2 aromatic carbocycles. The average Bonchev–Trinajstić information content (AvgIpc) is 2.65. The van der Waals surface area contributed by atoms with Crippen molar-refractivity contribution >= 4 is 33.0 Å². The van der Waals surface area contributed by atoms with E-state index in [9.17, 15) is 8.42 Å². The number of anilines is 2. The van der Waals surface area contributed by atoms with Crippen LogP contribution in [0.5, 0.6) is 0 Å². The van der Waals surface area contributed by atoms with E-state index < -0.39 is 10.0 Å². The minimum atomic E-state index is -3.45. The number of halogens is 1. The molecule has 1 aliphatic rings. The van der Waals surface area contributed by atoms with Gasteiger partial charge in [-0.05, 0) is 36.6 Å². The summed E-state index contributed by atoms with van der Waals surface area (Å²) in [6.45, 7) is 2.90. The Morgan fingerprint density at radius 3 is 2.54 bits per heavy atom. The van der Waals surface area contributed by atoms with Crippen LogP contribution in [0.25, 0.3) is 0 Å². The molecule has 1 aliphatic heterocycles. The van der Waals surface area contributed by atoms with E-state index in [-0.39, 0.29) is 5.75 Å². The number of nitrogens with one attached hydrogen (secondary N) is 1. The molecule has 0 atom stereocenters.